The van der Waals surface area contributed by atoms with Gasteiger partial charge in [-0.15, -0.1) is 0 Å². The molecule has 0 bridgehead atoms. The largest absolute Gasteiger partial charge is 0.495 e. The number of carbonyl (C=O) groups is 1. The van der Waals surface area contributed by atoms with Crippen LogP contribution < -0.4 is 25.8 Å². The van der Waals surface area contributed by atoms with E-state index in [0.717, 1.165) is 43.4 Å². The summed E-state index contributed by atoms with van der Waals surface area (Å²) >= 11 is 0. The van der Waals surface area contributed by atoms with Crippen molar-refractivity contribution in [3.05, 3.63) is 59.0 Å². The van der Waals surface area contributed by atoms with Gasteiger partial charge in [-0.2, -0.15) is 13.8 Å². The third kappa shape index (κ3) is 5.38. The van der Waals surface area contributed by atoms with E-state index in [2.05, 4.69) is 30.2 Å². The van der Waals surface area contributed by atoms with Gasteiger partial charge in [0.25, 0.3) is 5.91 Å². The first-order valence-corrected chi connectivity index (χ1v) is 10.6. The molecule has 0 aliphatic carbocycles. The van der Waals surface area contributed by atoms with Crippen molar-refractivity contribution in [1.82, 2.24) is 14.9 Å². The number of primary amides is 1. The molecule has 0 unspecified atom stereocenters. The topological polar surface area (TPSA) is 115 Å². The lowest BCUT2D eigenvalue weighted by molar-refractivity contribution is -0.0494. The number of para-hydroxylation sites is 1. The molecule has 9 nitrogen and oxygen atoms in total. The van der Waals surface area contributed by atoms with Gasteiger partial charge in [0.05, 0.1) is 12.8 Å². The summed E-state index contributed by atoms with van der Waals surface area (Å²) in [6, 6.07) is 7.26. The van der Waals surface area contributed by atoms with E-state index in [9.17, 15) is 18.0 Å². The Morgan fingerprint density at radius 3 is 2.71 bits per heavy atom. The summed E-state index contributed by atoms with van der Waals surface area (Å²) in [5.41, 5.74) is 7.65. The molecule has 2 heterocycles. The maximum Gasteiger partial charge on any atom is 0.387 e. The number of rotatable bonds is 8. The Hall–Kier alpha value is -4.06. The highest BCUT2D eigenvalue weighted by Gasteiger charge is 2.20. The molecule has 4 N–H and O–H groups in total. The van der Waals surface area contributed by atoms with Gasteiger partial charge in [-0.1, -0.05) is 6.07 Å². The van der Waals surface area contributed by atoms with Crippen molar-refractivity contribution < 1.29 is 27.4 Å². The zero-order chi connectivity index (χ0) is 25.1. The lowest BCUT2D eigenvalue weighted by Crippen LogP contribution is -2.26. The van der Waals surface area contributed by atoms with Crippen molar-refractivity contribution in [2.75, 3.05) is 31.3 Å². The van der Waals surface area contributed by atoms with Crippen molar-refractivity contribution in [1.29, 1.82) is 0 Å². The number of nitrogens with one attached hydrogen (secondary N) is 2. The maximum absolute atomic E-state index is 14.5. The van der Waals surface area contributed by atoms with Crippen LogP contribution in [0.2, 0.25) is 0 Å². The lowest BCUT2D eigenvalue weighted by atomic mass is 9.99. The number of halogens is 3. The number of likely N-dealkylation sites (N-methyl/N-ethyl adjacent to an activating group) is 1. The fourth-order valence-electron chi connectivity index (χ4n) is 3.77. The van der Waals surface area contributed by atoms with Crippen LogP contribution in [-0.2, 0) is 13.0 Å². The highest BCUT2D eigenvalue weighted by molar-refractivity contribution is 5.98. The first kappa shape index (κ1) is 24.1. The number of aromatic nitrogens is 2. The number of nitrogens with zero attached hydrogens (tertiary/aromatic N) is 3. The minimum Gasteiger partial charge on any atom is -0.495 e. The third-order valence-corrected chi connectivity index (χ3v) is 5.46. The summed E-state index contributed by atoms with van der Waals surface area (Å²) in [5, 5.41) is 5.58. The van der Waals surface area contributed by atoms with Crippen molar-refractivity contribution in [2.24, 2.45) is 5.73 Å². The minimum atomic E-state index is -3.19. The van der Waals surface area contributed by atoms with Gasteiger partial charge in [0.1, 0.15) is 22.8 Å². The molecule has 3 aromatic rings. The predicted octanol–water partition coefficient (Wildman–Crippen LogP) is 3.80. The monoisotopic (exact) mass is 488 g/mol. The van der Waals surface area contributed by atoms with Gasteiger partial charge in [0, 0.05) is 19.3 Å². The highest BCUT2D eigenvalue weighted by Crippen LogP contribution is 2.35. The SMILES string of the molecule is COc1cc2c(cc1Nc1ncc(C(N)=O)c(Nc3c(F)cccc3OC(F)F)n1)CN(C)CC2. The first-order valence-electron chi connectivity index (χ1n) is 10.6. The van der Waals surface area contributed by atoms with Crippen LogP contribution in [0.4, 0.5) is 36.3 Å². The molecule has 2 aromatic carbocycles. The number of carbonyl (C=O) groups excluding carboxylic acids is 1. The van der Waals surface area contributed by atoms with E-state index < -0.39 is 29.8 Å². The van der Waals surface area contributed by atoms with Gasteiger partial charge in [-0.3, -0.25) is 4.79 Å². The van der Waals surface area contributed by atoms with E-state index >= 15 is 0 Å². The molecule has 184 valence electrons. The number of methoxy groups -OCH3 is 1. The second kappa shape index (κ2) is 10.1. The fraction of sp³-hybridized carbons (Fsp3) is 0.261. The van der Waals surface area contributed by atoms with Crippen LogP contribution in [0.25, 0.3) is 0 Å². The summed E-state index contributed by atoms with van der Waals surface area (Å²) in [4.78, 5) is 22.5. The number of alkyl halides is 2. The van der Waals surface area contributed by atoms with E-state index in [0.29, 0.717) is 11.4 Å². The van der Waals surface area contributed by atoms with Gasteiger partial charge >= 0.3 is 6.61 Å². The molecule has 0 atom stereocenters. The Labute approximate surface area is 199 Å². The quantitative estimate of drug-likeness (QED) is 0.439. The van der Waals surface area contributed by atoms with Crippen LogP contribution in [0.15, 0.2) is 36.5 Å². The standard InChI is InChI=1S/C23H23F3N6O3/c1-32-7-6-12-9-18(34-2)16(8-13(12)11-32)29-23-28-10-14(20(27)33)21(31-23)30-19-15(24)4-3-5-17(19)35-22(25)26/h3-5,8-10,22H,6-7,11H2,1-2H3,(H2,27,33)(H2,28,29,30,31). The molecule has 0 radical (unpaired) electrons. The van der Waals surface area contributed by atoms with Crippen LogP contribution in [0.5, 0.6) is 11.5 Å². The van der Waals surface area contributed by atoms with E-state index in [1.165, 1.54) is 18.7 Å². The second-order valence-electron chi connectivity index (χ2n) is 7.87. The lowest BCUT2D eigenvalue weighted by Gasteiger charge is -2.26. The van der Waals surface area contributed by atoms with Crippen LogP contribution in [0.3, 0.4) is 0 Å². The summed E-state index contributed by atoms with van der Waals surface area (Å²) in [7, 11) is 3.56. The maximum atomic E-state index is 14.5. The molecule has 1 aliphatic rings. The van der Waals surface area contributed by atoms with Crippen molar-refractivity contribution in [2.45, 2.75) is 19.6 Å². The number of fused-ring (bicyclic) bond motifs is 1. The number of anilines is 4. The molecule has 1 amide bonds. The molecule has 0 saturated carbocycles. The normalized spacial score (nSPS) is 13.3. The molecule has 1 aliphatic heterocycles. The van der Waals surface area contributed by atoms with Crippen LogP contribution >= 0.6 is 0 Å². The summed E-state index contributed by atoms with van der Waals surface area (Å²) in [6.07, 6.45) is 2.03. The van der Waals surface area contributed by atoms with Gasteiger partial charge in [-0.05, 0) is 48.9 Å². The molecular weight excluding hydrogens is 465 g/mol. The van der Waals surface area contributed by atoms with E-state index in [1.807, 2.05) is 19.2 Å². The summed E-state index contributed by atoms with van der Waals surface area (Å²) in [5.74, 6) is -1.87. The molecule has 1 aromatic heterocycles. The number of ether oxygens (including phenoxy) is 2. The molecule has 0 spiro atoms. The summed E-state index contributed by atoms with van der Waals surface area (Å²) < 4.78 is 50.0. The predicted molar refractivity (Wildman–Crippen MR) is 123 cm³/mol. The number of benzene rings is 2. The fourth-order valence-corrected chi connectivity index (χ4v) is 3.77. The Bertz CT molecular complexity index is 1260. The van der Waals surface area contributed by atoms with Gasteiger partial charge in [0.2, 0.25) is 5.95 Å². The molecule has 4 rings (SSSR count). The second-order valence-corrected chi connectivity index (χ2v) is 7.87. The number of nitrogens with two attached hydrogens (primary N) is 1. The van der Waals surface area contributed by atoms with E-state index in [1.54, 1.807) is 0 Å². The highest BCUT2D eigenvalue weighted by atomic mass is 19.3. The Balaban J connectivity index is 1.70. The van der Waals surface area contributed by atoms with E-state index in [4.69, 9.17) is 10.5 Å². The molecule has 0 fully saturated rings. The van der Waals surface area contributed by atoms with Crippen molar-refractivity contribution in [3.8, 4) is 11.5 Å². The van der Waals surface area contributed by atoms with Crippen molar-refractivity contribution in [3.63, 3.8) is 0 Å². The average molecular weight is 488 g/mol. The zero-order valence-electron chi connectivity index (χ0n) is 18.9. The first-order chi connectivity index (χ1) is 16.7. The molecular formula is C23H23F3N6O3. The molecule has 35 heavy (non-hydrogen) atoms. The average Bonchev–Trinajstić information content (AvgIpc) is 2.80. The Morgan fingerprint density at radius 2 is 2.00 bits per heavy atom. The summed E-state index contributed by atoms with van der Waals surface area (Å²) in [6.45, 7) is -1.50. The Kier molecular flexibility index (Phi) is 6.92. The van der Waals surface area contributed by atoms with Gasteiger partial charge in [-0.25, -0.2) is 9.37 Å². The third-order valence-electron chi connectivity index (χ3n) is 5.46. The molecule has 12 heteroatoms. The number of amides is 1. The van der Waals surface area contributed by atoms with Gasteiger partial charge in [0.15, 0.2) is 11.6 Å². The smallest absolute Gasteiger partial charge is 0.387 e. The van der Waals surface area contributed by atoms with Gasteiger partial charge < -0.3 is 30.7 Å². The van der Waals surface area contributed by atoms with Crippen LogP contribution in [0, 0.1) is 5.82 Å². The van der Waals surface area contributed by atoms with Crippen LogP contribution in [-0.4, -0.2) is 48.1 Å². The van der Waals surface area contributed by atoms with Crippen molar-refractivity contribution >= 4 is 29.0 Å². The van der Waals surface area contributed by atoms with E-state index in [-0.39, 0.29) is 17.3 Å². The minimum absolute atomic E-state index is 0.0348. The number of hydrogen-bond donors (Lipinski definition) is 3. The number of hydrogen-bond acceptors (Lipinski definition) is 8. The molecule has 0 saturated heterocycles. The van der Waals surface area contributed by atoms with Crippen LogP contribution in [0.1, 0.15) is 21.5 Å². The zero-order valence-corrected chi connectivity index (χ0v) is 18.9. The Morgan fingerprint density at radius 1 is 1.20 bits per heavy atom.